The monoisotopic (exact) mass is 208 g/mol. The van der Waals surface area contributed by atoms with E-state index in [0.29, 0.717) is 0 Å². The van der Waals surface area contributed by atoms with Gasteiger partial charge in [0.2, 0.25) is 0 Å². The van der Waals surface area contributed by atoms with Crippen LogP contribution in [0.15, 0.2) is 23.5 Å². The Morgan fingerprint density at radius 3 is 2.47 bits per heavy atom. The molecule has 0 atom stereocenters. The standard InChI is InChI=1S/C14H24O/c1-3-4-5-6-7-8-13-9-11-14(15-2)12-10-13/h9,11H,3-8,10,12H2,1-2H3. The molecule has 1 heteroatoms. The van der Waals surface area contributed by atoms with Crippen LogP contribution in [0.25, 0.3) is 0 Å². The zero-order valence-electron chi connectivity index (χ0n) is 10.2. The minimum absolute atomic E-state index is 1.09. The Bertz CT molecular complexity index is 225. The fraction of sp³-hybridized carbons (Fsp3) is 0.714. The first-order chi connectivity index (χ1) is 7.36. The number of ether oxygens (including phenoxy) is 1. The third kappa shape index (κ3) is 5.06. The second-order valence-corrected chi connectivity index (χ2v) is 4.33. The van der Waals surface area contributed by atoms with Gasteiger partial charge >= 0.3 is 0 Å². The minimum atomic E-state index is 1.09. The molecule has 0 amide bonds. The van der Waals surface area contributed by atoms with E-state index in [1.54, 1.807) is 12.7 Å². The number of methoxy groups -OCH3 is 1. The molecule has 1 rings (SSSR count). The van der Waals surface area contributed by atoms with Gasteiger partial charge in [-0.15, -0.1) is 0 Å². The van der Waals surface area contributed by atoms with Gasteiger partial charge in [0.05, 0.1) is 12.9 Å². The maximum Gasteiger partial charge on any atom is 0.0958 e. The molecule has 0 aromatic rings. The molecular weight excluding hydrogens is 184 g/mol. The maximum atomic E-state index is 5.21. The molecule has 1 nitrogen and oxygen atoms in total. The molecule has 0 unspecified atom stereocenters. The normalized spacial score (nSPS) is 15.9. The van der Waals surface area contributed by atoms with E-state index in [9.17, 15) is 0 Å². The van der Waals surface area contributed by atoms with Crippen LogP contribution in [-0.4, -0.2) is 7.11 Å². The molecule has 0 radical (unpaired) electrons. The topological polar surface area (TPSA) is 9.23 Å². The van der Waals surface area contributed by atoms with Gasteiger partial charge in [0.15, 0.2) is 0 Å². The summed E-state index contributed by atoms with van der Waals surface area (Å²) in [6, 6.07) is 0. The van der Waals surface area contributed by atoms with Crippen LogP contribution < -0.4 is 0 Å². The molecule has 0 spiro atoms. The van der Waals surface area contributed by atoms with Crippen molar-refractivity contribution in [1.82, 2.24) is 0 Å². The number of hydrogen-bond donors (Lipinski definition) is 0. The quantitative estimate of drug-likeness (QED) is 0.556. The fourth-order valence-corrected chi connectivity index (χ4v) is 2.00. The molecule has 15 heavy (non-hydrogen) atoms. The second kappa shape index (κ2) is 7.56. The molecular formula is C14H24O. The molecule has 0 aromatic heterocycles. The van der Waals surface area contributed by atoms with Crippen molar-refractivity contribution in [3.63, 3.8) is 0 Å². The number of allylic oxidation sites excluding steroid dienone is 4. The van der Waals surface area contributed by atoms with Crippen LogP contribution in [-0.2, 0) is 4.74 Å². The van der Waals surface area contributed by atoms with Gasteiger partial charge in [0, 0.05) is 6.42 Å². The Hall–Kier alpha value is -0.720. The molecule has 0 aromatic carbocycles. The number of unbranched alkanes of at least 4 members (excludes halogenated alkanes) is 4. The molecule has 0 saturated carbocycles. The Kier molecular flexibility index (Phi) is 6.22. The van der Waals surface area contributed by atoms with Gasteiger partial charge in [0.25, 0.3) is 0 Å². The summed E-state index contributed by atoms with van der Waals surface area (Å²) in [5.41, 5.74) is 1.60. The van der Waals surface area contributed by atoms with E-state index in [1.807, 2.05) is 0 Å². The lowest BCUT2D eigenvalue weighted by molar-refractivity contribution is 0.275. The summed E-state index contributed by atoms with van der Waals surface area (Å²) in [6.45, 7) is 2.26. The molecule has 0 heterocycles. The van der Waals surface area contributed by atoms with E-state index in [0.717, 1.165) is 12.2 Å². The van der Waals surface area contributed by atoms with E-state index in [2.05, 4.69) is 19.1 Å². The van der Waals surface area contributed by atoms with E-state index < -0.39 is 0 Å². The van der Waals surface area contributed by atoms with E-state index in [1.165, 1.54) is 44.9 Å². The molecule has 0 aliphatic heterocycles. The SMILES string of the molecule is CCCCCCCC1=CC=C(OC)CC1. The van der Waals surface area contributed by atoms with Gasteiger partial charge < -0.3 is 4.74 Å². The van der Waals surface area contributed by atoms with Crippen LogP contribution in [0, 0.1) is 0 Å². The van der Waals surface area contributed by atoms with Crippen molar-refractivity contribution in [2.75, 3.05) is 7.11 Å². The Balaban J connectivity index is 2.12. The highest BCUT2D eigenvalue weighted by atomic mass is 16.5. The van der Waals surface area contributed by atoms with Crippen molar-refractivity contribution in [3.05, 3.63) is 23.5 Å². The lowest BCUT2D eigenvalue weighted by Gasteiger charge is -2.13. The molecule has 86 valence electrons. The zero-order chi connectivity index (χ0) is 10.9. The van der Waals surface area contributed by atoms with Gasteiger partial charge in [-0.1, -0.05) is 44.3 Å². The van der Waals surface area contributed by atoms with Crippen LogP contribution in [0.4, 0.5) is 0 Å². The highest BCUT2D eigenvalue weighted by Gasteiger charge is 2.05. The lowest BCUT2D eigenvalue weighted by atomic mass is 9.98. The summed E-state index contributed by atoms with van der Waals surface area (Å²) in [6.07, 6.45) is 14.9. The van der Waals surface area contributed by atoms with Crippen molar-refractivity contribution < 1.29 is 4.74 Å². The highest BCUT2D eigenvalue weighted by Crippen LogP contribution is 2.23. The fourth-order valence-electron chi connectivity index (χ4n) is 2.00. The smallest absolute Gasteiger partial charge is 0.0958 e. The van der Waals surface area contributed by atoms with Gasteiger partial charge in [-0.2, -0.15) is 0 Å². The molecule has 1 aliphatic carbocycles. The summed E-state index contributed by atoms with van der Waals surface area (Å²) in [5.74, 6) is 1.13. The Morgan fingerprint density at radius 2 is 1.87 bits per heavy atom. The second-order valence-electron chi connectivity index (χ2n) is 4.33. The highest BCUT2D eigenvalue weighted by molar-refractivity contribution is 5.20. The summed E-state index contributed by atoms with van der Waals surface area (Å²) >= 11 is 0. The predicted octanol–water partition coefficient (Wildman–Crippen LogP) is 4.60. The number of hydrogen-bond acceptors (Lipinski definition) is 1. The Labute approximate surface area is 94.2 Å². The molecule has 1 aliphatic rings. The van der Waals surface area contributed by atoms with E-state index in [4.69, 9.17) is 4.74 Å². The van der Waals surface area contributed by atoms with Crippen LogP contribution in [0.1, 0.15) is 58.3 Å². The van der Waals surface area contributed by atoms with Crippen molar-refractivity contribution >= 4 is 0 Å². The molecule has 0 fully saturated rings. The lowest BCUT2D eigenvalue weighted by Crippen LogP contribution is -1.95. The third-order valence-electron chi connectivity index (χ3n) is 3.06. The summed E-state index contributed by atoms with van der Waals surface area (Å²) < 4.78 is 5.21. The summed E-state index contributed by atoms with van der Waals surface area (Å²) in [4.78, 5) is 0. The van der Waals surface area contributed by atoms with Crippen molar-refractivity contribution in [3.8, 4) is 0 Å². The first-order valence-electron chi connectivity index (χ1n) is 6.29. The largest absolute Gasteiger partial charge is 0.501 e. The minimum Gasteiger partial charge on any atom is -0.501 e. The zero-order valence-corrected chi connectivity index (χ0v) is 10.2. The van der Waals surface area contributed by atoms with Crippen LogP contribution in [0.2, 0.25) is 0 Å². The molecule has 0 N–H and O–H groups in total. The predicted molar refractivity (Wildman–Crippen MR) is 65.8 cm³/mol. The molecule has 0 bridgehead atoms. The molecule has 0 saturated heterocycles. The maximum absolute atomic E-state index is 5.21. The first kappa shape index (κ1) is 12.4. The van der Waals surface area contributed by atoms with Crippen LogP contribution in [0.3, 0.4) is 0 Å². The van der Waals surface area contributed by atoms with Crippen molar-refractivity contribution in [2.45, 2.75) is 58.3 Å². The summed E-state index contributed by atoms with van der Waals surface area (Å²) in [7, 11) is 1.76. The van der Waals surface area contributed by atoms with Crippen LogP contribution in [0.5, 0.6) is 0 Å². The van der Waals surface area contributed by atoms with Gasteiger partial charge in [-0.25, -0.2) is 0 Å². The number of rotatable bonds is 7. The third-order valence-corrected chi connectivity index (χ3v) is 3.06. The van der Waals surface area contributed by atoms with Gasteiger partial charge in [-0.3, -0.25) is 0 Å². The van der Waals surface area contributed by atoms with E-state index >= 15 is 0 Å². The van der Waals surface area contributed by atoms with Crippen LogP contribution >= 0.6 is 0 Å². The van der Waals surface area contributed by atoms with Crippen molar-refractivity contribution in [1.29, 1.82) is 0 Å². The van der Waals surface area contributed by atoms with Gasteiger partial charge in [-0.05, 0) is 25.3 Å². The summed E-state index contributed by atoms with van der Waals surface area (Å²) in [5, 5.41) is 0. The van der Waals surface area contributed by atoms with Gasteiger partial charge in [0.1, 0.15) is 0 Å². The average Bonchev–Trinajstić information content (AvgIpc) is 2.30. The first-order valence-corrected chi connectivity index (χ1v) is 6.29. The van der Waals surface area contributed by atoms with Crippen molar-refractivity contribution in [2.24, 2.45) is 0 Å². The Morgan fingerprint density at radius 1 is 1.07 bits per heavy atom. The van der Waals surface area contributed by atoms with E-state index in [-0.39, 0.29) is 0 Å². The average molecular weight is 208 g/mol.